The summed E-state index contributed by atoms with van der Waals surface area (Å²) in [5, 5.41) is 13.6. The van der Waals surface area contributed by atoms with E-state index in [4.69, 9.17) is 11.0 Å². The van der Waals surface area contributed by atoms with Crippen molar-refractivity contribution in [3.8, 4) is 22.9 Å². The molecule has 1 unspecified atom stereocenters. The Kier molecular flexibility index (Phi) is 5.18. The minimum absolute atomic E-state index is 0.0177. The zero-order valence-electron chi connectivity index (χ0n) is 24.9. The normalized spacial score (nSPS) is 16.0. The van der Waals surface area contributed by atoms with Gasteiger partial charge in [-0.05, 0) is 69.6 Å². The molecule has 0 amide bonds. The van der Waals surface area contributed by atoms with Gasteiger partial charge in [0.25, 0.3) is 0 Å². The van der Waals surface area contributed by atoms with Crippen LogP contribution in [0.2, 0.25) is 0 Å². The number of hydrogen-bond acceptors (Lipinski definition) is 2. The van der Waals surface area contributed by atoms with Gasteiger partial charge in [-0.15, -0.1) is 0 Å². The minimum Gasteiger partial charge on any atom is -0.460 e. The van der Waals surface area contributed by atoms with Gasteiger partial charge in [-0.1, -0.05) is 86.7 Å². The van der Waals surface area contributed by atoms with Crippen LogP contribution in [0.15, 0.2) is 108 Å². The fraction of sp³-hybridized carbons (Fsp3) is 0.122. The molecule has 0 aliphatic heterocycles. The molecule has 5 aromatic carbocycles. The molecule has 1 atom stereocenters. The van der Waals surface area contributed by atoms with E-state index in [-0.39, 0.29) is 11.3 Å². The molecular weight excluding hydrogens is 550 g/mol. The van der Waals surface area contributed by atoms with Crippen LogP contribution in [0.3, 0.4) is 0 Å². The van der Waals surface area contributed by atoms with Crippen LogP contribution >= 0.6 is 0 Å². The summed E-state index contributed by atoms with van der Waals surface area (Å²) >= 11 is 0. The molecule has 7 aromatic rings. The largest absolute Gasteiger partial charge is 0.460 e. The van der Waals surface area contributed by atoms with E-state index in [0.29, 0.717) is 17.7 Å². The molecule has 4 heteroatoms. The molecule has 45 heavy (non-hydrogen) atoms. The van der Waals surface area contributed by atoms with E-state index in [1.807, 2.05) is 42.5 Å². The van der Waals surface area contributed by atoms with Gasteiger partial charge in [0, 0.05) is 34.1 Å². The molecular formula is C41H27N3O. The third-order valence-corrected chi connectivity index (χ3v) is 10.0. The molecule has 2 aromatic heterocycles. The molecule has 0 saturated carbocycles. The van der Waals surface area contributed by atoms with E-state index >= 15 is 0 Å². The van der Waals surface area contributed by atoms with Crippen molar-refractivity contribution in [3.63, 3.8) is 0 Å². The minimum atomic E-state index is -0.0870. The number of furan rings is 1. The quantitative estimate of drug-likeness (QED) is 0.192. The maximum atomic E-state index is 10.4. The summed E-state index contributed by atoms with van der Waals surface area (Å²) in [6.07, 6.45) is 5.18. The van der Waals surface area contributed by atoms with E-state index in [2.05, 4.69) is 96.1 Å². The molecule has 0 N–H and O–H groups in total. The molecule has 0 radical (unpaired) electrons. The zero-order valence-corrected chi connectivity index (χ0v) is 24.9. The number of fused-ring (bicyclic) bond motifs is 9. The molecule has 2 heterocycles. The third kappa shape index (κ3) is 3.46. The molecule has 0 fully saturated rings. The van der Waals surface area contributed by atoms with E-state index in [0.717, 1.165) is 55.3 Å². The van der Waals surface area contributed by atoms with Crippen LogP contribution in [0, 0.1) is 17.9 Å². The van der Waals surface area contributed by atoms with Crippen molar-refractivity contribution in [1.29, 1.82) is 5.26 Å². The number of allylic oxidation sites excluding steroid dienone is 1. The highest BCUT2D eigenvalue weighted by Gasteiger charge is 2.36. The zero-order chi connectivity index (χ0) is 30.4. The maximum Gasteiger partial charge on any atom is 0.188 e. The Balaban J connectivity index is 1.21. The highest BCUT2D eigenvalue weighted by molar-refractivity contribution is 6.10. The van der Waals surface area contributed by atoms with E-state index in [1.165, 1.54) is 22.3 Å². The lowest BCUT2D eigenvalue weighted by Gasteiger charge is -2.22. The fourth-order valence-corrected chi connectivity index (χ4v) is 7.86. The summed E-state index contributed by atoms with van der Waals surface area (Å²) in [6, 6.07) is 35.8. The van der Waals surface area contributed by atoms with Crippen LogP contribution in [0.25, 0.3) is 60.5 Å². The van der Waals surface area contributed by atoms with Crippen LogP contribution in [-0.2, 0) is 11.8 Å². The molecule has 0 spiro atoms. The summed E-state index contributed by atoms with van der Waals surface area (Å²) in [6.45, 7) is 12.2. The number of para-hydroxylation sites is 2. The average molecular weight is 578 g/mol. The van der Waals surface area contributed by atoms with Crippen molar-refractivity contribution >= 4 is 44.5 Å². The Bertz CT molecular complexity index is 2530. The van der Waals surface area contributed by atoms with E-state index in [1.54, 1.807) is 0 Å². The Morgan fingerprint density at radius 2 is 1.67 bits per heavy atom. The second-order valence-electron chi connectivity index (χ2n) is 12.7. The van der Waals surface area contributed by atoms with Crippen molar-refractivity contribution in [2.75, 3.05) is 0 Å². The highest BCUT2D eigenvalue weighted by atomic mass is 16.3. The van der Waals surface area contributed by atoms with Gasteiger partial charge in [-0.3, -0.25) is 0 Å². The van der Waals surface area contributed by atoms with Crippen LogP contribution in [0.4, 0.5) is 5.69 Å². The standard InChI is InChI=1S/C41H27N3O/c1-41(2)34-13-6-4-10-28(34)31-21-33-30-17-15-24(19-38(30)45-39(33)22-35(31)41)27-12-8-9-25(23-42)40(27)44-36-14-7-5-11-29(36)32-20-26(43-3)16-18-37(32)44/h4-18,20-22,24H,19H2,1-2H3. The number of nitrogens with zero attached hydrogens (tertiary/aromatic N) is 3. The molecule has 212 valence electrons. The van der Waals surface area contributed by atoms with Crippen molar-refractivity contribution in [2.24, 2.45) is 0 Å². The van der Waals surface area contributed by atoms with E-state index in [9.17, 15) is 5.26 Å². The van der Waals surface area contributed by atoms with Crippen molar-refractivity contribution < 1.29 is 4.42 Å². The first-order chi connectivity index (χ1) is 22.0. The smallest absolute Gasteiger partial charge is 0.188 e. The summed E-state index contributed by atoms with van der Waals surface area (Å²) in [5.74, 6) is 0.994. The van der Waals surface area contributed by atoms with Gasteiger partial charge in [0.1, 0.15) is 17.4 Å². The molecule has 2 aliphatic rings. The highest BCUT2D eigenvalue weighted by Crippen LogP contribution is 2.51. The van der Waals surface area contributed by atoms with Gasteiger partial charge < -0.3 is 8.98 Å². The predicted octanol–water partition coefficient (Wildman–Crippen LogP) is 10.6. The molecule has 9 rings (SSSR count). The summed E-state index contributed by atoms with van der Waals surface area (Å²) in [4.78, 5) is 3.68. The van der Waals surface area contributed by atoms with E-state index < -0.39 is 0 Å². The molecule has 0 bridgehead atoms. The van der Waals surface area contributed by atoms with Crippen LogP contribution < -0.4 is 0 Å². The summed E-state index contributed by atoms with van der Waals surface area (Å²) < 4.78 is 8.87. The monoisotopic (exact) mass is 577 g/mol. The first-order valence-corrected chi connectivity index (χ1v) is 15.3. The van der Waals surface area contributed by atoms with Crippen LogP contribution in [0.5, 0.6) is 0 Å². The lowest BCUT2D eigenvalue weighted by molar-refractivity contribution is 0.531. The SMILES string of the molecule is [C-]#[N+]c1ccc2c(c1)c1ccccc1n2-c1c(C#N)cccc1C1C=Cc2c(oc3cc4c(cc23)-c2ccccc2C4(C)C)C1. The second kappa shape index (κ2) is 9.08. The number of hydrogen-bond donors (Lipinski definition) is 0. The second-order valence-corrected chi connectivity index (χ2v) is 12.7. The van der Waals surface area contributed by atoms with Crippen molar-refractivity contribution in [1.82, 2.24) is 4.57 Å². The predicted molar refractivity (Wildman–Crippen MR) is 181 cm³/mol. The van der Waals surface area contributed by atoms with Gasteiger partial charge in [-0.25, -0.2) is 4.85 Å². The lowest BCUT2D eigenvalue weighted by atomic mass is 9.82. The molecule has 0 saturated heterocycles. The van der Waals surface area contributed by atoms with Crippen molar-refractivity contribution in [3.05, 3.63) is 148 Å². The first-order valence-electron chi connectivity index (χ1n) is 15.3. The Morgan fingerprint density at radius 1 is 0.844 bits per heavy atom. The fourth-order valence-electron chi connectivity index (χ4n) is 7.86. The average Bonchev–Trinajstić information content (AvgIpc) is 3.68. The molecule has 2 aliphatic carbocycles. The number of aromatic nitrogens is 1. The Hall–Kier alpha value is -5.84. The lowest BCUT2D eigenvalue weighted by Crippen LogP contribution is -2.14. The van der Waals surface area contributed by atoms with Gasteiger partial charge in [0.05, 0.1) is 28.9 Å². The number of benzene rings is 5. The van der Waals surface area contributed by atoms with Gasteiger partial charge >= 0.3 is 0 Å². The van der Waals surface area contributed by atoms with Crippen LogP contribution in [-0.4, -0.2) is 4.57 Å². The Labute approximate surface area is 260 Å². The van der Waals surface area contributed by atoms with Gasteiger partial charge in [0.15, 0.2) is 5.69 Å². The van der Waals surface area contributed by atoms with Crippen molar-refractivity contribution in [2.45, 2.75) is 31.6 Å². The number of rotatable bonds is 2. The summed E-state index contributed by atoms with van der Waals surface area (Å²) in [7, 11) is 0. The molecule has 4 nitrogen and oxygen atoms in total. The Morgan fingerprint density at radius 3 is 2.53 bits per heavy atom. The summed E-state index contributed by atoms with van der Waals surface area (Å²) in [5.41, 5.74) is 12.4. The number of nitriles is 1. The topological polar surface area (TPSA) is 46.2 Å². The third-order valence-electron chi connectivity index (χ3n) is 10.0. The van der Waals surface area contributed by atoms with Gasteiger partial charge in [-0.2, -0.15) is 5.26 Å². The first kappa shape index (κ1) is 25.6. The van der Waals surface area contributed by atoms with Gasteiger partial charge in [0.2, 0.25) is 0 Å². The van der Waals surface area contributed by atoms with Crippen LogP contribution in [0.1, 0.15) is 53.3 Å². The maximum absolute atomic E-state index is 10.4.